The topological polar surface area (TPSA) is 56.8 Å². The lowest BCUT2D eigenvalue weighted by Gasteiger charge is -2.16. The third kappa shape index (κ3) is 4.77. The minimum absolute atomic E-state index is 0.0316. The molecule has 0 radical (unpaired) electrons. The molecular formula is C23H29NO4. The summed E-state index contributed by atoms with van der Waals surface area (Å²) in [6, 6.07) is 12.0. The van der Waals surface area contributed by atoms with Gasteiger partial charge in [-0.1, -0.05) is 12.1 Å². The van der Waals surface area contributed by atoms with E-state index in [0.717, 1.165) is 35.5 Å². The zero-order valence-corrected chi connectivity index (χ0v) is 17.1. The summed E-state index contributed by atoms with van der Waals surface area (Å²) in [4.78, 5) is 12.5. The molecule has 0 saturated heterocycles. The Morgan fingerprint density at radius 3 is 2.43 bits per heavy atom. The zero-order valence-electron chi connectivity index (χ0n) is 17.1. The van der Waals surface area contributed by atoms with Gasteiger partial charge in [0.25, 0.3) is 0 Å². The predicted octanol–water partition coefficient (Wildman–Crippen LogP) is 4.23. The van der Waals surface area contributed by atoms with Crippen LogP contribution in [0.5, 0.6) is 17.2 Å². The van der Waals surface area contributed by atoms with Crippen molar-refractivity contribution >= 4 is 5.91 Å². The highest BCUT2D eigenvalue weighted by molar-refractivity contribution is 5.77. The minimum atomic E-state index is 0.0316. The third-order valence-electron chi connectivity index (χ3n) is 4.99. The fourth-order valence-electron chi connectivity index (χ4n) is 3.61. The van der Waals surface area contributed by atoms with Crippen molar-refractivity contribution in [2.45, 2.75) is 51.7 Å². The van der Waals surface area contributed by atoms with E-state index in [2.05, 4.69) is 5.32 Å². The Hall–Kier alpha value is -2.69. The highest BCUT2D eigenvalue weighted by atomic mass is 16.5. The van der Waals surface area contributed by atoms with Crippen molar-refractivity contribution in [1.29, 1.82) is 0 Å². The number of carbonyl (C=O) groups excluding carboxylic acids is 1. The summed E-state index contributed by atoms with van der Waals surface area (Å²) in [6.45, 7) is 4.01. The van der Waals surface area contributed by atoms with Crippen molar-refractivity contribution in [1.82, 2.24) is 5.32 Å². The maximum atomic E-state index is 12.5. The van der Waals surface area contributed by atoms with Crippen LogP contribution >= 0.6 is 0 Å². The van der Waals surface area contributed by atoms with Crippen molar-refractivity contribution in [2.75, 3.05) is 14.2 Å². The van der Waals surface area contributed by atoms with Crippen molar-refractivity contribution in [3.8, 4) is 17.2 Å². The fraction of sp³-hybridized carbons (Fsp3) is 0.435. The van der Waals surface area contributed by atoms with Gasteiger partial charge in [0.05, 0.1) is 26.4 Å². The van der Waals surface area contributed by atoms with E-state index < -0.39 is 0 Å². The summed E-state index contributed by atoms with van der Waals surface area (Å²) in [7, 11) is 3.27. The Morgan fingerprint density at radius 1 is 1.11 bits per heavy atom. The molecule has 0 aliphatic heterocycles. The van der Waals surface area contributed by atoms with E-state index >= 15 is 0 Å². The van der Waals surface area contributed by atoms with Gasteiger partial charge in [0.2, 0.25) is 5.91 Å². The van der Waals surface area contributed by atoms with E-state index in [0.29, 0.717) is 18.6 Å². The van der Waals surface area contributed by atoms with Gasteiger partial charge in [-0.05, 0) is 74.1 Å². The van der Waals surface area contributed by atoms with E-state index in [4.69, 9.17) is 14.2 Å². The average Bonchev–Trinajstić information content (AvgIpc) is 3.07. The summed E-state index contributed by atoms with van der Waals surface area (Å²) >= 11 is 0. The number of hydrogen-bond donors (Lipinski definition) is 1. The number of carbonyl (C=O) groups is 1. The van der Waals surface area contributed by atoms with Gasteiger partial charge in [0.1, 0.15) is 5.75 Å². The Kier molecular flexibility index (Phi) is 6.45. The molecule has 2 aromatic carbocycles. The number of fused-ring (bicyclic) bond motifs is 1. The van der Waals surface area contributed by atoms with Gasteiger partial charge in [-0.3, -0.25) is 4.79 Å². The number of hydrogen-bond acceptors (Lipinski definition) is 4. The van der Waals surface area contributed by atoms with Gasteiger partial charge in [0, 0.05) is 6.42 Å². The molecule has 2 aromatic rings. The van der Waals surface area contributed by atoms with Crippen LogP contribution in [-0.4, -0.2) is 26.2 Å². The van der Waals surface area contributed by atoms with Crippen LogP contribution in [0.15, 0.2) is 36.4 Å². The molecule has 28 heavy (non-hydrogen) atoms. The van der Waals surface area contributed by atoms with E-state index in [1.165, 1.54) is 5.56 Å². The second kappa shape index (κ2) is 9.00. The van der Waals surface area contributed by atoms with Gasteiger partial charge in [-0.15, -0.1) is 0 Å². The minimum Gasteiger partial charge on any atom is -0.493 e. The molecule has 150 valence electrons. The normalized spacial score (nSPS) is 15.2. The summed E-state index contributed by atoms with van der Waals surface area (Å²) in [5.41, 5.74) is 3.47. The third-order valence-corrected chi connectivity index (χ3v) is 4.99. The molecule has 0 heterocycles. The smallest absolute Gasteiger partial charge is 0.220 e. The maximum Gasteiger partial charge on any atom is 0.220 e. The molecule has 0 aromatic heterocycles. The van der Waals surface area contributed by atoms with Crippen molar-refractivity contribution < 1.29 is 19.0 Å². The molecule has 1 aliphatic carbocycles. The molecule has 0 saturated carbocycles. The first kappa shape index (κ1) is 20.1. The van der Waals surface area contributed by atoms with Gasteiger partial charge < -0.3 is 19.5 Å². The number of rotatable bonds is 8. The van der Waals surface area contributed by atoms with Gasteiger partial charge in [-0.25, -0.2) is 0 Å². The lowest BCUT2D eigenvalue weighted by molar-refractivity contribution is -0.121. The Bertz CT molecular complexity index is 814. The van der Waals surface area contributed by atoms with Gasteiger partial charge >= 0.3 is 0 Å². The summed E-state index contributed by atoms with van der Waals surface area (Å²) in [6.07, 6.45) is 3.16. The second-order valence-corrected chi connectivity index (χ2v) is 7.38. The summed E-state index contributed by atoms with van der Waals surface area (Å²) in [5, 5.41) is 3.17. The van der Waals surface area contributed by atoms with Crippen LogP contribution in [0.4, 0.5) is 0 Å². The molecule has 1 atom stereocenters. The van der Waals surface area contributed by atoms with E-state index in [1.54, 1.807) is 14.2 Å². The van der Waals surface area contributed by atoms with Crippen LogP contribution in [0.1, 0.15) is 49.4 Å². The first-order valence-corrected chi connectivity index (χ1v) is 9.80. The molecule has 0 unspecified atom stereocenters. The van der Waals surface area contributed by atoms with Gasteiger partial charge in [0.15, 0.2) is 11.5 Å². The van der Waals surface area contributed by atoms with Crippen LogP contribution in [0.3, 0.4) is 0 Å². The molecule has 3 rings (SSSR count). The standard InChI is InChI=1S/C23H29NO4/c1-15(2)28-18-9-5-16(6-10-18)7-12-23(25)24-20-11-8-17-13-21(26-3)22(27-4)14-19(17)20/h5-6,9-10,13-15,20H,7-8,11-12H2,1-4H3,(H,24,25)/t20-/m0/s1. The molecule has 1 amide bonds. The molecule has 0 bridgehead atoms. The lowest BCUT2D eigenvalue weighted by Crippen LogP contribution is -2.27. The number of nitrogens with one attached hydrogen (secondary N) is 1. The molecular weight excluding hydrogens is 354 g/mol. The van der Waals surface area contributed by atoms with Crippen LogP contribution in [-0.2, 0) is 17.6 Å². The quantitative estimate of drug-likeness (QED) is 0.741. The number of amides is 1. The van der Waals surface area contributed by atoms with Crippen LogP contribution in [0.2, 0.25) is 0 Å². The molecule has 5 nitrogen and oxygen atoms in total. The maximum absolute atomic E-state index is 12.5. The van der Waals surface area contributed by atoms with Crippen LogP contribution < -0.4 is 19.5 Å². The van der Waals surface area contributed by atoms with Gasteiger partial charge in [-0.2, -0.15) is 0 Å². The lowest BCUT2D eigenvalue weighted by atomic mass is 10.1. The highest BCUT2D eigenvalue weighted by Gasteiger charge is 2.26. The van der Waals surface area contributed by atoms with Crippen LogP contribution in [0.25, 0.3) is 0 Å². The molecule has 5 heteroatoms. The van der Waals surface area contributed by atoms with E-state index in [1.807, 2.05) is 50.2 Å². The Morgan fingerprint density at radius 2 is 1.79 bits per heavy atom. The van der Waals surface area contributed by atoms with Crippen molar-refractivity contribution in [3.05, 3.63) is 53.1 Å². The number of aryl methyl sites for hydroxylation is 2. The van der Waals surface area contributed by atoms with E-state index in [-0.39, 0.29) is 18.1 Å². The number of benzene rings is 2. The Labute approximate surface area is 167 Å². The summed E-state index contributed by atoms with van der Waals surface area (Å²) in [5.74, 6) is 2.36. The highest BCUT2D eigenvalue weighted by Crippen LogP contribution is 2.39. The zero-order chi connectivity index (χ0) is 20.1. The monoisotopic (exact) mass is 383 g/mol. The first-order chi connectivity index (χ1) is 13.5. The van der Waals surface area contributed by atoms with Crippen LogP contribution in [0, 0.1) is 0 Å². The number of methoxy groups -OCH3 is 2. The molecule has 0 fully saturated rings. The fourth-order valence-corrected chi connectivity index (χ4v) is 3.61. The average molecular weight is 383 g/mol. The largest absolute Gasteiger partial charge is 0.493 e. The van der Waals surface area contributed by atoms with Crippen molar-refractivity contribution in [2.24, 2.45) is 0 Å². The SMILES string of the molecule is COc1cc2c(cc1OC)[C@@H](NC(=O)CCc1ccc(OC(C)C)cc1)CC2. The molecule has 0 spiro atoms. The number of ether oxygens (including phenoxy) is 3. The Balaban J connectivity index is 1.56. The summed E-state index contributed by atoms with van der Waals surface area (Å²) < 4.78 is 16.4. The molecule has 1 aliphatic rings. The predicted molar refractivity (Wildman–Crippen MR) is 109 cm³/mol. The first-order valence-electron chi connectivity index (χ1n) is 9.80. The molecule has 1 N–H and O–H groups in total. The second-order valence-electron chi connectivity index (χ2n) is 7.38. The van der Waals surface area contributed by atoms with E-state index in [9.17, 15) is 4.79 Å². The van der Waals surface area contributed by atoms with Crippen molar-refractivity contribution in [3.63, 3.8) is 0 Å².